The highest BCUT2D eigenvalue weighted by atomic mass is 16.7. The summed E-state index contributed by atoms with van der Waals surface area (Å²) in [5, 5.41) is 11.9. The van der Waals surface area contributed by atoms with E-state index in [1.807, 2.05) is 21.1 Å². The number of likely N-dealkylation sites (N-methyl/N-ethyl adjacent to an activating group) is 1. The normalized spacial score (nSPS) is 13.5. The second-order valence-electron chi connectivity index (χ2n) is 27.2. The van der Waals surface area contributed by atoms with Gasteiger partial charge in [0.1, 0.15) is 13.2 Å². The Morgan fingerprint density at radius 1 is 0.309 bits per heavy atom. The summed E-state index contributed by atoms with van der Waals surface area (Å²) < 4.78 is 22.9. The van der Waals surface area contributed by atoms with Crippen molar-refractivity contribution >= 4 is 17.9 Å². The number of hydrogen-bond donors (Lipinski definition) is 0. The molecular weight excluding hydrogens is 1200 g/mol. The van der Waals surface area contributed by atoms with E-state index in [0.717, 1.165) is 122 Å². The van der Waals surface area contributed by atoms with Crippen LogP contribution in [0.1, 0.15) is 322 Å². The van der Waals surface area contributed by atoms with E-state index in [4.69, 9.17) is 18.9 Å². The van der Waals surface area contributed by atoms with Gasteiger partial charge in [-0.25, -0.2) is 0 Å². The third-order valence-electron chi connectivity index (χ3n) is 16.8. The number of carboxylic acids is 1. The van der Waals surface area contributed by atoms with Crippen LogP contribution < -0.4 is 5.11 Å². The zero-order valence-corrected chi connectivity index (χ0v) is 63.1. The Kier molecular flexibility index (Phi) is 72.6. The quantitative estimate of drug-likeness (QED) is 0.0195. The van der Waals surface area contributed by atoms with Gasteiger partial charge in [-0.15, -0.1) is 0 Å². The Balaban J connectivity index is 4.06. The van der Waals surface area contributed by atoms with Crippen LogP contribution in [0.2, 0.25) is 0 Å². The zero-order valence-electron chi connectivity index (χ0n) is 63.1. The lowest BCUT2D eigenvalue weighted by molar-refractivity contribution is -0.870. The molecule has 0 N–H and O–H groups in total. The Morgan fingerprint density at radius 3 is 0.825 bits per heavy atom. The maximum atomic E-state index is 13.0. The molecular formula is C88H147NO8. The smallest absolute Gasteiger partial charge is 0.306 e. The summed E-state index contributed by atoms with van der Waals surface area (Å²) in [5.74, 6) is -2.28. The van der Waals surface area contributed by atoms with Crippen molar-refractivity contribution in [2.24, 2.45) is 0 Å². The van der Waals surface area contributed by atoms with E-state index in [-0.39, 0.29) is 38.6 Å². The summed E-state index contributed by atoms with van der Waals surface area (Å²) in [6.07, 6.45) is 111. The van der Waals surface area contributed by atoms with Crippen LogP contribution in [0.25, 0.3) is 0 Å². The van der Waals surface area contributed by atoms with Crippen LogP contribution in [0.15, 0.2) is 158 Å². The van der Waals surface area contributed by atoms with Gasteiger partial charge in [-0.05, 0) is 122 Å². The summed E-state index contributed by atoms with van der Waals surface area (Å²) in [6.45, 7) is 4.54. The van der Waals surface area contributed by atoms with E-state index < -0.39 is 24.3 Å². The third kappa shape index (κ3) is 78.1. The minimum atomic E-state index is -1.63. The van der Waals surface area contributed by atoms with Crippen molar-refractivity contribution < 1.29 is 42.9 Å². The highest BCUT2D eigenvalue weighted by Crippen LogP contribution is 2.18. The second kappa shape index (κ2) is 76.7. The van der Waals surface area contributed by atoms with E-state index in [1.165, 1.54) is 167 Å². The van der Waals surface area contributed by atoms with Crippen LogP contribution in [0.5, 0.6) is 0 Å². The maximum absolute atomic E-state index is 13.0. The molecule has 0 aromatic heterocycles. The highest BCUT2D eigenvalue weighted by Gasteiger charge is 2.22. The number of rotatable bonds is 72. The third-order valence-corrected chi connectivity index (χ3v) is 16.8. The number of carboxylic acid groups (broad SMARTS) is 1. The first-order valence-electron chi connectivity index (χ1n) is 39.6. The van der Waals surface area contributed by atoms with Gasteiger partial charge in [0.2, 0.25) is 0 Å². The molecule has 0 aliphatic carbocycles. The first-order chi connectivity index (χ1) is 47.6. The molecule has 2 atom stereocenters. The van der Waals surface area contributed by atoms with Crippen LogP contribution >= 0.6 is 0 Å². The van der Waals surface area contributed by atoms with Crippen molar-refractivity contribution in [2.75, 3.05) is 47.5 Å². The van der Waals surface area contributed by atoms with Crippen molar-refractivity contribution in [3.8, 4) is 0 Å². The lowest BCUT2D eigenvalue weighted by atomic mass is 10.0. The van der Waals surface area contributed by atoms with Crippen molar-refractivity contribution in [3.05, 3.63) is 158 Å². The number of esters is 2. The number of quaternary nitrogens is 1. The molecule has 0 amide bonds. The molecule has 0 fully saturated rings. The molecule has 97 heavy (non-hydrogen) atoms. The molecule has 0 spiro atoms. The topological polar surface area (TPSA) is 111 Å². The van der Waals surface area contributed by atoms with E-state index >= 15 is 0 Å². The fraction of sp³-hybridized carbons (Fsp3) is 0.670. The van der Waals surface area contributed by atoms with Gasteiger partial charge in [-0.3, -0.25) is 9.59 Å². The summed E-state index contributed by atoms with van der Waals surface area (Å²) in [4.78, 5) is 37.6. The Hall–Kier alpha value is -5.09. The molecule has 9 heteroatoms. The van der Waals surface area contributed by atoms with E-state index in [1.54, 1.807) is 0 Å². The molecule has 0 aromatic rings. The lowest BCUT2D eigenvalue weighted by Gasteiger charge is -2.26. The van der Waals surface area contributed by atoms with E-state index in [2.05, 4.69) is 172 Å². The van der Waals surface area contributed by atoms with Crippen LogP contribution in [0.4, 0.5) is 0 Å². The van der Waals surface area contributed by atoms with Gasteiger partial charge in [-0.1, -0.05) is 345 Å². The van der Waals surface area contributed by atoms with Crippen molar-refractivity contribution in [1.82, 2.24) is 0 Å². The molecule has 0 rings (SSSR count). The predicted molar refractivity (Wildman–Crippen MR) is 416 cm³/mol. The molecule has 0 saturated carbocycles. The second-order valence-corrected chi connectivity index (χ2v) is 27.2. The summed E-state index contributed by atoms with van der Waals surface area (Å²) in [6, 6.07) is 0. The standard InChI is InChI=1S/C88H147NO8/c1-6-8-10-12-14-16-18-20-22-24-26-28-30-32-34-36-38-40-41-42-43-44-45-47-49-51-53-55-57-59-61-63-65-67-69-71-73-75-77-79-86(91)97-84(83-96-88(87(92)93)94-81-80-89(3,4)5)82-95-85(90)78-76-74-72-70-68-66-64-62-60-58-56-54-52-50-48-46-39-37-35-33-31-29-27-25-23-21-19-17-15-13-11-9-7-2/h8-11,14-17,20-23,26-29,32-35,38,40,42-43,45,47,84,88H,6-7,12-13,18-19,24-25,30-31,36-37,39,41,44,46,48-83H2,1-5H3/b10-8-,11-9-,16-14-,17-15-,22-20-,23-21-,28-26-,29-27-,34-32-,35-33-,40-38-,43-42-,47-45-. The summed E-state index contributed by atoms with van der Waals surface area (Å²) in [5.41, 5.74) is 0. The highest BCUT2D eigenvalue weighted by molar-refractivity contribution is 5.70. The number of aliphatic carboxylic acids is 1. The minimum absolute atomic E-state index is 0.143. The Bertz CT molecular complexity index is 2160. The average molecular weight is 1350 g/mol. The molecule has 0 bridgehead atoms. The number of carbonyl (C=O) groups is 3. The fourth-order valence-electron chi connectivity index (χ4n) is 10.8. The molecule has 0 radical (unpaired) electrons. The van der Waals surface area contributed by atoms with Crippen LogP contribution in [-0.4, -0.2) is 82.3 Å². The van der Waals surface area contributed by atoms with Crippen molar-refractivity contribution in [1.29, 1.82) is 0 Å². The number of hydrogen-bond acceptors (Lipinski definition) is 8. The largest absolute Gasteiger partial charge is 0.545 e. The molecule has 0 heterocycles. The number of ether oxygens (including phenoxy) is 4. The molecule has 2 unspecified atom stereocenters. The average Bonchev–Trinajstić information content (AvgIpc) is 2.39. The van der Waals surface area contributed by atoms with Crippen LogP contribution in [0, 0.1) is 0 Å². The van der Waals surface area contributed by atoms with Crippen LogP contribution in [-0.2, 0) is 33.3 Å². The SMILES string of the molecule is CC/C=C\C/C=C\C/C=C\C/C=C\C/C=C\C/C=C\C/C=C\C/C=C\CCCCCCCCCCCCCCCCC(=O)OC(COC(=O)CCCCCCCCCCCCCCCCCCC/C=C\C/C=C\C/C=C\C/C=C\C/C=C\CC)COC(OCC[N+](C)(C)C)C(=O)[O-]. The Labute approximate surface area is 597 Å². The van der Waals surface area contributed by atoms with Gasteiger partial charge in [-0.2, -0.15) is 0 Å². The van der Waals surface area contributed by atoms with Gasteiger partial charge in [0.05, 0.1) is 40.3 Å². The molecule has 0 saturated heterocycles. The monoisotopic (exact) mass is 1350 g/mol. The lowest BCUT2D eigenvalue weighted by Crippen LogP contribution is -2.44. The molecule has 0 aliphatic heterocycles. The first-order valence-corrected chi connectivity index (χ1v) is 39.6. The van der Waals surface area contributed by atoms with Gasteiger partial charge in [0.15, 0.2) is 12.4 Å². The minimum Gasteiger partial charge on any atom is -0.545 e. The van der Waals surface area contributed by atoms with Gasteiger partial charge < -0.3 is 33.3 Å². The van der Waals surface area contributed by atoms with Crippen LogP contribution in [0.3, 0.4) is 0 Å². The Morgan fingerprint density at radius 2 is 0.557 bits per heavy atom. The number of allylic oxidation sites excluding steroid dienone is 26. The molecule has 0 aromatic carbocycles. The first kappa shape index (κ1) is 91.9. The molecule has 0 aliphatic rings. The molecule has 9 nitrogen and oxygen atoms in total. The summed E-state index contributed by atoms with van der Waals surface area (Å²) in [7, 11) is 5.94. The number of unbranched alkanes of at least 4 members (excludes halogenated alkanes) is 31. The fourth-order valence-corrected chi connectivity index (χ4v) is 10.8. The predicted octanol–water partition coefficient (Wildman–Crippen LogP) is 24.3. The summed E-state index contributed by atoms with van der Waals surface area (Å²) >= 11 is 0. The van der Waals surface area contributed by atoms with Gasteiger partial charge in [0.25, 0.3) is 0 Å². The zero-order chi connectivity index (χ0) is 70.4. The van der Waals surface area contributed by atoms with E-state index in [0.29, 0.717) is 17.4 Å². The maximum Gasteiger partial charge on any atom is 0.306 e. The number of carbonyl (C=O) groups excluding carboxylic acids is 3. The van der Waals surface area contributed by atoms with Gasteiger partial charge in [0, 0.05) is 12.8 Å². The van der Waals surface area contributed by atoms with Crippen molar-refractivity contribution in [2.45, 2.75) is 334 Å². The number of nitrogens with zero attached hydrogens (tertiary/aromatic N) is 1. The van der Waals surface area contributed by atoms with E-state index in [9.17, 15) is 19.5 Å². The van der Waals surface area contributed by atoms with Gasteiger partial charge >= 0.3 is 11.9 Å². The van der Waals surface area contributed by atoms with Crippen molar-refractivity contribution in [3.63, 3.8) is 0 Å². The molecule has 552 valence electrons.